The number of benzene rings is 1. The van der Waals surface area contributed by atoms with Crippen molar-refractivity contribution in [1.82, 2.24) is 5.32 Å². The Bertz CT molecular complexity index is 1160. The quantitative estimate of drug-likeness (QED) is 0.260. The summed E-state index contributed by atoms with van der Waals surface area (Å²) in [6.45, 7) is 15.3. The second-order valence-corrected chi connectivity index (χ2v) is 13.2. The Morgan fingerprint density at radius 2 is 1.88 bits per heavy atom. The summed E-state index contributed by atoms with van der Waals surface area (Å²) in [6.07, 6.45) is 7.84. The van der Waals surface area contributed by atoms with Crippen LogP contribution in [0.25, 0.3) is 0 Å². The molecule has 1 aliphatic heterocycles. The first kappa shape index (κ1) is 30.5. The highest BCUT2D eigenvalue weighted by Crippen LogP contribution is 2.57. The first-order valence-corrected chi connectivity index (χ1v) is 15.2. The number of aromatic hydroxyl groups is 1. The van der Waals surface area contributed by atoms with Gasteiger partial charge in [-0.2, -0.15) is 0 Å². The second-order valence-electron chi connectivity index (χ2n) is 13.2. The monoisotopic (exact) mass is 551 g/mol. The van der Waals surface area contributed by atoms with Gasteiger partial charge in [0.1, 0.15) is 17.8 Å². The minimum Gasteiger partial charge on any atom is -0.508 e. The van der Waals surface area contributed by atoms with Crippen LogP contribution in [-0.4, -0.2) is 40.3 Å². The van der Waals surface area contributed by atoms with Crippen molar-refractivity contribution in [1.29, 1.82) is 0 Å². The Morgan fingerprint density at radius 3 is 2.50 bits per heavy atom. The molecule has 4 rings (SSSR count). The van der Waals surface area contributed by atoms with E-state index in [9.17, 15) is 19.8 Å². The van der Waals surface area contributed by atoms with Gasteiger partial charge in [-0.3, -0.25) is 9.59 Å². The molecule has 3 N–H and O–H groups in total. The van der Waals surface area contributed by atoms with Crippen LogP contribution >= 0.6 is 0 Å². The number of hydrogen-bond donors (Lipinski definition) is 3. The minimum atomic E-state index is -1.73. The molecule has 1 aromatic carbocycles. The fraction of sp³-hybridized carbons (Fsp3) is 0.647. The Balaban J connectivity index is 1.76. The van der Waals surface area contributed by atoms with Gasteiger partial charge in [-0.05, 0) is 74.5 Å². The fourth-order valence-corrected chi connectivity index (χ4v) is 8.10. The summed E-state index contributed by atoms with van der Waals surface area (Å²) in [4.78, 5) is 28.5. The summed E-state index contributed by atoms with van der Waals surface area (Å²) < 4.78 is 6.06. The lowest BCUT2D eigenvalue weighted by atomic mass is 9.51. The van der Waals surface area contributed by atoms with Crippen molar-refractivity contribution in [2.45, 2.75) is 92.4 Å². The molecule has 0 bridgehead atoms. The minimum absolute atomic E-state index is 0.0751. The zero-order chi connectivity index (χ0) is 29.4. The first-order chi connectivity index (χ1) is 18.8. The molecule has 40 heavy (non-hydrogen) atoms. The summed E-state index contributed by atoms with van der Waals surface area (Å²) in [5, 5.41) is 24.3. The van der Waals surface area contributed by atoms with Crippen LogP contribution in [0.4, 0.5) is 0 Å². The average molecular weight is 552 g/mol. The molecule has 220 valence electrons. The molecule has 1 saturated heterocycles. The maximum atomic E-state index is 14.8. The van der Waals surface area contributed by atoms with E-state index in [2.05, 4.69) is 59.0 Å². The van der Waals surface area contributed by atoms with Crippen molar-refractivity contribution in [2.75, 3.05) is 6.61 Å². The average Bonchev–Trinajstić information content (AvgIpc) is 3.12. The van der Waals surface area contributed by atoms with Gasteiger partial charge >= 0.3 is 0 Å². The summed E-state index contributed by atoms with van der Waals surface area (Å²) in [5.41, 5.74) is 1.27. The maximum Gasteiger partial charge on any atom is 0.235 e. The van der Waals surface area contributed by atoms with Crippen LogP contribution in [0.15, 0.2) is 47.6 Å². The molecule has 0 spiro atoms. The molecule has 1 amide bonds. The van der Waals surface area contributed by atoms with Crippen molar-refractivity contribution in [2.24, 2.45) is 40.9 Å². The van der Waals surface area contributed by atoms with Gasteiger partial charge in [0.15, 0.2) is 11.5 Å². The van der Waals surface area contributed by atoms with Crippen LogP contribution in [0, 0.1) is 40.9 Å². The number of phenolic OH excluding ortho intramolecular Hbond substituents is 1. The summed E-state index contributed by atoms with van der Waals surface area (Å²) >= 11 is 0. The van der Waals surface area contributed by atoms with E-state index in [1.165, 1.54) is 11.1 Å². The SMILES string of the molecule is CCOC1C(C(=O)[C@H]2C(/C(C)=C/C(C)CC)C(C)=C[C@@]3(C)C[C@@H](C)CC[C@H]23)C(=O)NC1(O)Cc1ccc(O)cc1. The lowest BCUT2D eigenvalue weighted by Gasteiger charge is -2.52. The molecular formula is C34H49NO5. The smallest absolute Gasteiger partial charge is 0.235 e. The van der Waals surface area contributed by atoms with E-state index in [0.717, 1.165) is 31.2 Å². The summed E-state index contributed by atoms with van der Waals surface area (Å²) in [5.74, 6) is -0.904. The zero-order valence-electron chi connectivity index (χ0n) is 25.4. The van der Waals surface area contributed by atoms with Gasteiger partial charge in [-0.25, -0.2) is 0 Å². The lowest BCUT2D eigenvalue weighted by Crippen LogP contribution is -2.54. The van der Waals surface area contributed by atoms with Crippen molar-refractivity contribution < 1.29 is 24.5 Å². The van der Waals surface area contributed by atoms with Crippen molar-refractivity contribution in [3.8, 4) is 5.75 Å². The number of hydrogen-bond acceptors (Lipinski definition) is 5. The Kier molecular flexibility index (Phi) is 9.01. The molecule has 1 heterocycles. The van der Waals surface area contributed by atoms with E-state index in [0.29, 0.717) is 11.8 Å². The number of aliphatic hydroxyl groups is 1. The van der Waals surface area contributed by atoms with E-state index in [4.69, 9.17) is 4.74 Å². The van der Waals surface area contributed by atoms with Crippen molar-refractivity contribution in [3.05, 3.63) is 53.1 Å². The number of ketones is 1. The van der Waals surface area contributed by atoms with Crippen LogP contribution in [0.1, 0.15) is 79.7 Å². The van der Waals surface area contributed by atoms with Gasteiger partial charge in [-0.15, -0.1) is 0 Å². The number of phenols is 1. The fourth-order valence-electron chi connectivity index (χ4n) is 8.10. The number of ether oxygens (including phenoxy) is 1. The Morgan fingerprint density at radius 1 is 1.20 bits per heavy atom. The number of Topliss-reactive ketones (excluding diaryl/α,β-unsaturated/α-hetero) is 1. The third-order valence-corrected chi connectivity index (χ3v) is 9.92. The number of nitrogens with one attached hydrogen (secondary N) is 1. The number of carbonyl (C=O) groups excluding carboxylic acids is 2. The van der Waals surface area contributed by atoms with Gasteiger partial charge in [0.05, 0.1) is 0 Å². The van der Waals surface area contributed by atoms with E-state index < -0.39 is 23.7 Å². The Labute approximate surface area is 240 Å². The van der Waals surface area contributed by atoms with Gasteiger partial charge in [0.25, 0.3) is 0 Å². The lowest BCUT2D eigenvalue weighted by molar-refractivity contribution is -0.148. The topological polar surface area (TPSA) is 95.9 Å². The predicted octanol–water partition coefficient (Wildman–Crippen LogP) is 5.97. The predicted molar refractivity (Wildman–Crippen MR) is 157 cm³/mol. The van der Waals surface area contributed by atoms with Crippen LogP contribution < -0.4 is 5.32 Å². The highest BCUT2D eigenvalue weighted by atomic mass is 16.5. The van der Waals surface area contributed by atoms with Gasteiger partial charge in [0, 0.05) is 24.9 Å². The number of allylic oxidation sites excluding steroid dienone is 4. The molecule has 0 radical (unpaired) electrons. The molecule has 0 aromatic heterocycles. The normalized spacial score (nSPS) is 37.0. The third kappa shape index (κ3) is 5.80. The number of rotatable bonds is 9. The van der Waals surface area contributed by atoms with Crippen molar-refractivity contribution >= 4 is 11.7 Å². The highest BCUT2D eigenvalue weighted by molar-refractivity contribution is 6.05. The molecule has 2 fully saturated rings. The zero-order valence-corrected chi connectivity index (χ0v) is 25.4. The standard InChI is InChI=1S/C34H49NO5/c1-8-20(3)16-22(5)27-23(6)18-33(7)17-21(4)10-15-26(33)28(27)30(37)29-31(40-9-2)34(39,35-32(29)38)19-24-11-13-25(36)14-12-24/h11-14,16,18,20-21,26-29,31,36,39H,8-10,15,17,19H2,1-7H3,(H,35,38)/b22-16+/t20?,21-,26+,27?,28+,29?,31?,33+,34?/m0/s1. The van der Waals surface area contributed by atoms with Gasteiger partial charge in [0.2, 0.25) is 5.91 Å². The largest absolute Gasteiger partial charge is 0.508 e. The molecule has 9 atom stereocenters. The first-order valence-electron chi connectivity index (χ1n) is 15.2. The van der Waals surface area contributed by atoms with Gasteiger partial charge < -0.3 is 20.3 Å². The summed E-state index contributed by atoms with van der Waals surface area (Å²) in [6, 6.07) is 6.51. The maximum absolute atomic E-state index is 14.8. The Hall–Kier alpha value is -2.44. The van der Waals surface area contributed by atoms with E-state index in [1.54, 1.807) is 24.3 Å². The number of amides is 1. The van der Waals surface area contributed by atoms with Crippen LogP contribution in [0.3, 0.4) is 0 Å². The van der Waals surface area contributed by atoms with E-state index in [1.807, 2.05) is 6.92 Å². The molecule has 5 unspecified atom stereocenters. The summed E-state index contributed by atoms with van der Waals surface area (Å²) in [7, 11) is 0. The van der Waals surface area contributed by atoms with Crippen molar-refractivity contribution in [3.63, 3.8) is 0 Å². The number of carbonyl (C=O) groups is 2. The molecule has 6 heteroatoms. The molecule has 6 nitrogen and oxygen atoms in total. The second kappa shape index (κ2) is 11.8. The molecule has 1 aromatic rings. The molecular weight excluding hydrogens is 502 g/mol. The van der Waals surface area contributed by atoms with E-state index >= 15 is 0 Å². The van der Waals surface area contributed by atoms with Gasteiger partial charge in [-0.1, -0.05) is 76.0 Å². The van der Waals surface area contributed by atoms with E-state index in [-0.39, 0.29) is 47.7 Å². The molecule has 2 aliphatic carbocycles. The van der Waals surface area contributed by atoms with Crippen LogP contribution in [-0.2, 0) is 20.7 Å². The molecule has 1 saturated carbocycles. The number of fused-ring (bicyclic) bond motifs is 1. The van der Waals surface area contributed by atoms with Crippen LogP contribution in [0.2, 0.25) is 0 Å². The molecule has 3 aliphatic rings. The van der Waals surface area contributed by atoms with Crippen LogP contribution in [0.5, 0.6) is 5.75 Å². The highest BCUT2D eigenvalue weighted by Gasteiger charge is 2.60. The third-order valence-electron chi connectivity index (χ3n) is 9.92.